The number of hydrogen-bond donors (Lipinski definition) is 3. The van der Waals surface area contributed by atoms with Crippen LogP contribution in [0.25, 0.3) is 11.0 Å². The Bertz CT molecular complexity index is 734. The van der Waals surface area contributed by atoms with Gasteiger partial charge in [0.15, 0.2) is 22.8 Å². The van der Waals surface area contributed by atoms with Gasteiger partial charge in [0.25, 0.3) is 0 Å². The zero-order valence-corrected chi connectivity index (χ0v) is 9.87. The van der Waals surface area contributed by atoms with Gasteiger partial charge in [0.05, 0.1) is 5.39 Å². The van der Waals surface area contributed by atoms with Crippen LogP contribution in [0.4, 0.5) is 0 Å². The fourth-order valence-corrected chi connectivity index (χ4v) is 1.98. The molecule has 96 valence electrons. The maximum atomic E-state index is 10.1. The van der Waals surface area contributed by atoms with Crippen molar-refractivity contribution in [3.05, 3.63) is 48.0 Å². The number of pyridine rings is 1. The van der Waals surface area contributed by atoms with Crippen LogP contribution in [0.5, 0.6) is 17.2 Å². The van der Waals surface area contributed by atoms with E-state index < -0.39 is 0 Å². The molecule has 0 saturated carbocycles. The summed E-state index contributed by atoms with van der Waals surface area (Å²) >= 11 is 0. The van der Waals surface area contributed by atoms with Crippen LogP contribution < -0.4 is 0 Å². The molecule has 0 amide bonds. The van der Waals surface area contributed by atoms with Crippen molar-refractivity contribution in [2.75, 3.05) is 0 Å². The zero-order valence-electron chi connectivity index (χ0n) is 9.87. The number of aromatic hydroxyl groups is 3. The molecule has 3 rings (SSSR count). The molecule has 3 aromatic rings. The van der Waals surface area contributed by atoms with Crippen molar-refractivity contribution < 1.29 is 19.7 Å². The highest BCUT2D eigenvalue weighted by Crippen LogP contribution is 2.41. The molecule has 19 heavy (non-hydrogen) atoms. The normalized spacial score (nSPS) is 10.9. The first-order valence-corrected chi connectivity index (χ1v) is 5.71. The highest BCUT2D eigenvalue weighted by molar-refractivity contribution is 5.91. The minimum atomic E-state index is -0.370. The summed E-state index contributed by atoms with van der Waals surface area (Å²) in [7, 11) is 0. The summed E-state index contributed by atoms with van der Waals surface area (Å²) in [5, 5.41) is 29.5. The second-order valence-corrected chi connectivity index (χ2v) is 4.22. The molecule has 0 aliphatic carbocycles. The van der Waals surface area contributed by atoms with E-state index in [1.165, 1.54) is 12.1 Å². The molecule has 0 spiro atoms. The van der Waals surface area contributed by atoms with Crippen LogP contribution >= 0.6 is 0 Å². The molecule has 0 aliphatic rings. The molecule has 0 unspecified atom stereocenters. The molecule has 0 radical (unpaired) electrons. The fraction of sp³-hybridized carbons (Fsp3) is 0.0714. The minimum absolute atomic E-state index is 0.0332. The summed E-state index contributed by atoms with van der Waals surface area (Å²) in [4.78, 5) is 3.98. The highest BCUT2D eigenvalue weighted by atomic mass is 16.4. The lowest BCUT2D eigenvalue weighted by atomic mass is 10.1. The number of phenolic OH excluding ortho intramolecular Hbond substituents is 2. The molecular weight excluding hydrogens is 246 g/mol. The standard InChI is InChI=1S/C14H11NO4/c16-10-4-3-9-12(17)11(19-14(9)13(10)18)6-8-2-1-5-15-7-8/h1-5,7,16-18H,6H2. The number of furan rings is 1. The lowest BCUT2D eigenvalue weighted by Crippen LogP contribution is -1.86. The van der Waals surface area contributed by atoms with E-state index in [4.69, 9.17) is 4.42 Å². The van der Waals surface area contributed by atoms with Crippen molar-refractivity contribution >= 4 is 11.0 Å². The first-order chi connectivity index (χ1) is 9.16. The Morgan fingerprint density at radius 1 is 1.05 bits per heavy atom. The van der Waals surface area contributed by atoms with Gasteiger partial charge in [0, 0.05) is 18.8 Å². The highest BCUT2D eigenvalue weighted by Gasteiger charge is 2.18. The molecule has 5 nitrogen and oxygen atoms in total. The van der Waals surface area contributed by atoms with Gasteiger partial charge in [-0.2, -0.15) is 0 Å². The molecular formula is C14H11NO4. The number of benzene rings is 1. The van der Waals surface area contributed by atoms with Crippen molar-refractivity contribution in [3.63, 3.8) is 0 Å². The molecule has 0 aliphatic heterocycles. The first-order valence-electron chi connectivity index (χ1n) is 5.71. The van der Waals surface area contributed by atoms with Crippen molar-refractivity contribution in [2.24, 2.45) is 0 Å². The number of fused-ring (bicyclic) bond motifs is 1. The zero-order chi connectivity index (χ0) is 13.4. The van der Waals surface area contributed by atoms with Crippen LogP contribution in [-0.2, 0) is 6.42 Å². The van der Waals surface area contributed by atoms with E-state index in [1.54, 1.807) is 18.5 Å². The third-order valence-electron chi connectivity index (χ3n) is 2.94. The van der Waals surface area contributed by atoms with Gasteiger partial charge >= 0.3 is 0 Å². The van der Waals surface area contributed by atoms with E-state index in [-0.39, 0.29) is 22.8 Å². The van der Waals surface area contributed by atoms with Crippen molar-refractivity contribution in [1.82, 2.24) is 4.98 Å². The predicted octanol–water partition coefficient (Wildman–Crippen LogP) is 2.54. The first kappa shape index (κ1) is 11.4. The number of rotatable bonds is 2. The van der Waals surface area contributed by atoms with Gasteiger partial charge in [0.2, 0.25) is 5.75 Å². The average molecular weight is 257 g/mol. The van der Waals surface area contributed by atoms with Gasteiger partial charge in [-0.05, 0) is 23.8 Å². The summed E-state index contributed by atoms with van der Waals surface area (Å²) in [5.41, 5.74) is 0.956. The molecule has 0 atom stereocenters. The predicted molar refractivity (Wildman–Crippen MR) is 68.3 cm³/mol. The fourth-order valence-electron chi connectivity index (χ4n) is 1.98. The number of hydrogen-bond acceptors (Lipinski definition) is 5. The molecule has 0 saturated heterocycles. The van der Waals surface area contributed by atoms with Gasteiger partial charge in [-0.1, -0.05) is 6.07 Å². The molecule has 0 fully saturated rings. The number of nitrogens with zero attached hydrogens (tertiary/aromatic N) is 1. The monoisotopic (exact) mass is 257 g/mol. The lowest BCUT2D eigenvalue weighted by molar-refractivity contribution is 0.397. The SMILES string of the molecule is Oc1ccc2c(O)c(Cc3cccnc3)oc2c1O. The van der Waals surface area contributed by atoms with Crippen molar-refractivity contribution in [1.29, 1.82) is 0 Å². The molecule has 0 bridgehead atoms. The van der Waals surface area contributed by atoms with Gasteiger partial charge in [-0.25, -0.2) is 0 Å². The Morgan fingerprint density at radius 2 is 1.89 bits per heavy atom. The third kappa shape index (κ3) is 1.85. The van der Waals surface area contributed by atoms with E-state index in [9.17, 15) is 15.3 Å². The molecule has 2 heterocycles. The Labute approximate surface area is 108 Å². The lowest BCUT2D eigenvalue weighted by Gasteiger charge is -1.97. The Balaban J connectivity index is 2.10. The Hall–Kier alpha value is -2.69. The van der Waals surface area contributed by atoms with E-state index >= 15 is 0 Å². The van der Waals surface area contributed by atoms with Crippen molar-refractivity contribution in [2.45, 2.75) is 6.42 Å². The molecule has 1 aromatic carbocycles. The topological polar surface area (TPSA) is 86.7 Å². The summed E-state index contributed by atoms with van der Waals surface area (Å²) in [6.07, 6.45) is 3.68. The third-order valence-corrected chi connectivity index (χ3v) is 2.94. The number of phenols is 2. The molecule has 3 N–H and O–H groups in total. The molecule has 2 aromatic heterocycles. The average Bonchev–Trinajstić information content (AvgIpc) is 2.73. The van der Waals surface area contributed by atoms with Crippen LogP contribution in [0.15, 0.2) is 41.1 Å². The summed E-state index contributed by atoms with van der Waals surface area (Å²) in [6.45, 7) is 0. The minimum Gasteiger partial charge on any atom is -0.504 e. The second kappa shape index (κ2) is 4.20. The van der Waals surface area contributed by atoms with E-state index in [0.717, 1.165) is 5.56 Å². The van der Waals surface area contributed by atoms with Crippen molar-refractivity contribution in [3.8, 4) is 17.2 Å². The van der Waals surface area contributed by atoms with Gasteiger partial charge in [-0.15, -0.1) is 0 Å². The van der Waals surface area contributed by atoms with Crippen LogP contribution in [0, 0.1) is 0 Å². The van der Waals surface area contributed by atoms with Crippen LogP contribution in [0.1, 0.15) is 11.3 Å². The van der Waals surface area contributed by atoms with E-state index in [2.05, 4.69) is 4.98 Å². The smallest absolute Gasteiger partial charge is 0.201 e. The summed E-state index contributed by atoms with van der Waals surface area (Å²) in [6, 6.07) is 6.45. The van der Waals surface area contributed by atoms with Crippen LogP contribution in [0.2, 0.25) is 0 Å². The van der Waals surface area contributed by atoms with Gasteiger partial charge < -0.3 is 19.7 Å². The van der Waals surface area contributed by atoms with E-state index in [0.29, 0.717) is 17.6 Å². The second-order valence-electron chi connectivity index (χ2n) is 4.22. The summed E-state index contributed by atoms with van der Waals surface area (Å²) in [5.74, 6) is -0.363. The quantitative estimate of drug-likeness (QED) is 0.614. The van der Waals surface area contributed by atoms with Crippen LogP contribution in [0.3, 0.4) is 0 Å². The van der Waals surface area contributed by atoms with E-state index in [1.807, 2.05) is 6.07 Å². The van der Waals surface area contributed by atoms with Gasteiger partial charge in [0.1, 0.15) is 0 Å². The Morgan fingerprint density at radius 3 is 2.63 bits per heavy atom. The number of aromatic nitrogens is 1. The van der Waals surface area contributed by atoms with Crippen LogP contribution in [-0.4, -0.2) is 20.3 Å². The largest absolute Gasteiger partial charge is 0.504 e. The maximum absolute atomic E-state index is 10.1. The Kier molecular flexibility index (Phi) is 2.52. The summed E-state index contributed by atoms with van der Waals surface area (Å²) < 4.78 is 5.43. The van der Waals surface area contributed by atoms with Gasteiger partial charge in [-0.3, -0.25) is 4.98 Å². The molecule has 5 heteroatoms. The maximum Gasteiger partial charge on any atom is 0.201 e.